The summed E-state index contributed by atoms with van der Waals surface area (Å²) in [6.45, 7) is 3.17. The van der Waals surface area contributed by atoms with Crippen LogP contribution >= 0.6 is 11.6 Å². The number of carbonyl (C=O) groups excluding carboxylic acids is 2. The molecule has 0 saturated carbocycles. The van der Waals surface area contributed by atoms with E-state index in [9.17, 15) is 22.8 Å². The van der Waals surface area contributed by atoms with Gasteiger partial charge >= 0.3 is 12.1 Å². The number of tetrazole rings is 1. The summed E-state index contributed by atoms with van der Waals surface area (Å²) >= 11 is 5.92. The van der Waals surface area contributed by atoms with Crippen molar-refractivity contribution in [1.29, 1.82) is 0 Å². The molecular formula is C16H16ClF3N6O3. The minimum atomic E-state index is -5.15. The number of esters is 1. The highest BCUT2D eigenvalue weighted by Crippen LogP contribution is 2.27. The fourth-order valence-electron chi connectivity index (χ4n) is 2.84. The first-order valence-electron chi connectivity index (χ1n) is 8.39. The smallest absolute Gasteiger partial charge is 0.437 e. The Morgan fingerprint density at radius 1 is 1.34 bits per heavy atom. The van der Waals surface area contributed by atoms with Crippen molar-refractivity contribution < 1.29 is 27.5 Å². The van der Waals surface area contributed by atoms with Crippen LogP contribution < -0.4 is 5.32 Å². The van der Waals surface area contributed by atoms with Gasteiger partial charge in [-0.3, -0.25) is 10.1 Å². The summed E-state index contributed by atoms with van der Waals surface area (Å²) in [5.41, 5.74) is -0.835. The number of aromatic nitrogens is 4. The van der Waals surface area contributed by atoms with E-state index in [2.05, 4.69) is 25.5 Å². The van der Waals surface area contributed by atoms with Crippen LogP contribution in [-0.4, -0.2) is 68.0 Å². The minimum Gasteiger partial charge on any atom is -0.437 e. The van der Waals surface area contributed by atoms with Crippen LogP contribution in [0.25, 0.3) is 5.69 Å². The van der Waals surface area contributed by atoms with E-state index < -0.39 is 29.8 Å². The Morgan fingerprint density at radius 2 is 2.07 bits per heavy atom. The Kier molecular flexibility index (Phi) is 5.50. The summed E-state index contributed by atoms with van der Waals surface area (Å²) in [6, 6.07) is 6.54. The molecule has 1 atom stereocenters. The lowest BCUT2D eigenvalue weighted by Gasteiger charge is -2.46. The Hall–Kier alpha value is -2.73. The van der Waals surface area contributed by atoms with Gasteiger partial charge in [-0.05, 0) is 37.3 Å². The number of ether oxygens (including phenoxy) is 1. The molecule has 29 heavy (non-hydrogen) atoms. The molecule has 1 aromatic heterocycles. The third kappa shape index (κ3) is 4.32. The van der Waals surface area contributed by atoms with E-state index in [-0.39, 0.29) is 18.9 Å². The fourth-order valence-corrected chi connectivity index (χ4v) is 3.03. The maximum Gasteiger partial charge on any atom is 0.490 e. The van der Waals surface area contributed by atoms with Crippen molar-refractivity contribution in [3.8, 4) is 5.69 Å². The molecule has 9 nitrogen and oxygen atoms in total. The molecule has 0 radical (unpaired) electrons. The van der Waals surface area contributed by atoms with Crippen LogP contribution in [0.5, 0.6) is 0 Å². The minimum absolute atomic E-state index is 0.105. The second kappa shape index (κ2) is 7.59. The van der Waals surface area contributed by atoms with Crippen molar-refractivity contribution in [2.45, 2.75) is 31.8 Å². The van der Waals surface area contributed by atoms with Gasteiger partial charge in [-0.25, -0.2) is 4.79 Å². The molecule has 0 bridgehead atoms. The lowest BCUT2D eigenvalue weighted by molar-refractivity contribution is -0.213. The van der Waals surface area contributed by atoms with Crippen LogP contribution in [-0.2, 0) is 9.53 Å². The number of piperazine rings is 1. The highest BCUT2D eigenvalue weighted by molar-refractivity contribution is 6.30. The predicted molar refractivity (Wildman–Crippen MR) is 93.2 cm³/mol. The van der Waals surface area contributed by atoms with Crippen LogP contribution in [0.3, 0.4) is 0 Å². The largest absolute Gasteiger partial charge is 0.490 e. The number of hydrogen-bond acceptors (Lipinski definition) is 7. The zero-order valence-electron chi connectivity index (χ0n) is 15.3. The van der Waals surface area contributed by atoms with Crippen LogP contribution in [0.1, 0.15) is 24.5 Å². The summed E-state index contributed by atoms with van der Waals surface area (Å²) in [7, 11) is 0. The lowest BCUT2D eigenvalue weighted by Crippen LogP contribution is -2.67. The number of nitrogens with zero attached hydrogens (tertiary/aromatic N) is 5. The first kappa shape index (κ1) is 21.0. The number of halogens is 4. The molecule has 0 spiro atoms. The summed E-state index contributed by atoms with van der Waals surface area (Å²) in [5, 5.41) is 14.7. The summed E-state index contributed by atoms with van der Waals surface area (Å²) in [4.78, 5) is 26.4. The number of benzene rings is 1. The van der Waals surface area contributed by atoms with Gasteiger partial charge in [0.1, 0.15) is 0 Å². The average molecular weight is 433 g/mol. The van der Waals surface area contributed by atoms with Crippen molar-refractivity contribution in [2.24, 2.45) is 0 Å². The molecule has 1 unspecified atom stereocenters. The van der Waals surface area contributed by atoms with E-state index in [4.69, 9.17) is 11.6 Å². The van der Waals surface area contributed by atoms with Crippen molar-refractivity contribution in [3.63, 3.8) is 0 Å². The zero-order chi connectivity index (χ0) is 21.4. The van der Waals surface area contributed by atoms with E-state index >= 15 is 0 Å². The predicted octanol–water partition coefficient (Wildman–Crippen LogP) is 1.57. The molecule has 1 N–H and O–H groups in total. The van der Waals surface area contributed by atoms with E-state index in [0.717, 1.165) is 4.80 Å². The van der Waals surface area contributed by atoms with Gasteiger partial charge in [0.2, 0.25) is 0 Å². The lowest BCUT2D eigenvalue weighted by atomic mass is 9.97. The SMILES string of the molecule is CC1(C)C(OC(=O)C(F)(F)F)NCCN1C(=O)c1nnn(-c2cccc(Cl)c2)n1. The topological polar surface area (TPSA) is 102 Å². The molecule has 13 heteroatoms. The van der Waals surface area contributed by atoms with E-state index in [1.54, 1.807) is 24.3 Å². The van der Waals surface area contributed by atoms with E-state index in [1.165, 1.54) is 18.7 Å². The maximum atomic E-state index is 12.9. The first-order chi connectivity index (χ1) is 13.5. The third-order valence-corrected chi connectivity index (χ3v) is 4.58. The quantitative estimate of drug-likeness (QED) is 0.734. The molecule has 1 aromatic carbocycles. The number of carbonyl (C=O) groups is 2. The molecule has 3 rings (SSSR count). The van der Waals surface area contributed by atoms with Crippen LogP contribution in [0.15, 0.2) is 24.3 Å². The molecule has 1 amide bonds. The van der Waals surface area contributed by atoms with Crippen molar-refractivity contribution in [2.75, 3.05) is 13.1 Å². The first-order valence-corrected chi connectivity index (χ1v) is 8.77. The number of hydrogen-bond donors (Lipinski definition) is 1. The highest BCUT2D eigenvalue weighted by atomic mass is 35.5. The summed E-state index contributed by atoms with van der Waals surface area (Å²) in [6.07, 6.45) is -6.53. The second-order valence-corrected chi connectivity index (χ2v) is 7.17. The Bertz CT molecular complexity index is 933. The van der Waals surface area contributed by atoms with Crippen LogP contribution in [0.2, 0.25) is 5.02 Å². The van der Waals surface area contributed by atoms with E-state index in [0.29, 0.717) is 10.7 Å². The van der Waals surface area contributed by atoms with Gasteiger partial charge in [0, 0.05) is 18.1 Å². The van der Waals surface area contributed by atoms with Crippen LogP contribution in [0.4, 0.5) is 13.2 Å². The number of nitrogens with one attached hydrogen (secondary N) is 1. The summed E-state index contributed by atoms with van der Waals surface area (Å²) in [5.74, 6) is -3.28. The maximum absolute atomic E-state index is 12.9. The molecule has 1 fully saturated rings. The molecule has 2 aromatic rings. The summed E-state index contributed by atoms with van der Waals surface area (Å²) < 4.78 is 42.2. The monoisotopic (exact) mass is 432 g/mol. The van der Waals surface area contributed by atoms with Crippen molar-refractivity contribution in [1.82, 2.24) is 30.4 Å². The van der Waals surface area contributed by atoms with Gasteiger partial charge in [-0.15, -0.1) is 15.0 Å². The van der Waals surface area contributed by atoms with Crippen molar-refractivity contribution in [3.05, 3.63) is 35.1 Å². The Morgan fingerprint density at radius 3 is 2.72 bits per heavy atom. The zero-order valence-corrected chi connectivity index (χ0v) is 16.0. The molecule has 1 saturated heterocycles. The molecular weight excluding hydrogens is 417 g/mol. The number of rotatable bonds is 3. The van der Waals surface area contributed by atoms with Crippen molar-refractivity contribution >= 4 is 23.5 Å². The Balaban J connectivity index is 1.81. The van der Waals surface area contributed by atoms with Crippen LogP contribution in [0, 0.1) is 0 Å². The second-order valence-electron chi connectivity index (χ2n) is 6.73. The average Bonchev–Trinajstić information content (AvgIpc) is 3.12. The molecule has 1 aliphatic heterocycles. The number of amides is 1. The van der Waals surface area contributed by atoms with Gasteiger partial charge in [-0.1, -0.05) is 17.7 Å². The molecule has 156 valence electrons. The van der Waals surface area contributed by atoms with E-state index in [1.807, 2.05) is 0 Å². The normalized spacial score (nSPS) is 19.1. The third-order valence-electron chi connectivity index (χ3n) is 4.35. The number of alkyl halides is 3. The van der Waals surface area contributed by atoms with Gasteiger partial charge in [0.05, 0.1) is 11.2 Å². The standard InChI is InChI=1S/C16H16ClF3N6O3/c1-15(2)13(29-14(28)16(18,19)20)21-6-7-25(15)12(27)11-22-24-26(23-11)10-5-3-4-9(17)8-10/h3-5,8,13,21H,6-7H2,1-2H3. The van der Waals surface area contributed by atoms with Gasteiger partial charge in [0.25, 0.3) is 11.7 Å². The molecule has 2 heterocycles. The Labute approximate surface area is 167 Å². The molecule has 0 aliphatic carbocycles. The van der Waals surface area contributed by atoms with Gasteiger partial charge in [0.15, 0.2) is 6.23 Å². The van der Waals surface area contributed by atoms with Gasteiger partial charge < -0.3 is 9.64 Å². The molecule has 1 aliphatic rings. The van der Waals surface area contributed by atoms with Gasteiger partial charge in [-0.2, -0.15) is 13.2 Å². The highest BCUT2D eigenvalue weighted by Gasteiger charge is 2.49. The fraction of sp³-hybridized carbons (Fsp3) is 0.438.